The van der Waals surface area contributed by atoms with E-state index in [1.807, 2.05) is 31.2 Å². The quantitative estimate of drug-likeness (QED) is 0.186. The second-order valence-corrected chi connectivity index (χ2v) is 7.88. The van der Waals surface area contributed by atoms with Gasteiger partial charge in [-0.15, -0.1) is 0 Å². The summed E-state index contributed by atoms with van der Waals surface area (Å²) in [6.45, 7) is 4.87. The maximum atomic E-state index is 10.5. The van der Waals surface area contributed by atoms with Crippen molar-refractivity contribution in [3.05, 3.63) is 36.4 Å². The van der Waals surface area contributed by atoms with Gasteiger partial charge >= 0.3 is 5.97 Å². The Morgan fingerprint density at radius 1 is 0.933 bits per heavy atom. The van der Waals surface area contributed by atoms with Crippen LogP contribution >= 0.6 is 0 Å². The number of carbonyl (C=O) groups is 1. The zero-order valence-electron chi connectivity index (χ0n) is 19.1. The van der Waals surface area contributed by atoms with Crippen molar-refractivity contribution in [1.29, 1.82) is 0 Å². The number of unbranched alkanes of at least 4 members (excludes halogenated alkanes) is 8. The van der Waals surface area contributed by atoms with Crippen LogP contribution in [0.5, 0.6) is 11.5 Å². The predicted octanol–water partition coefficient (Wildman–Crippen LogP) is 7.56. The van der Waals surface area contributed by atoms with E-state index in [9.17, 15) is 4.79 Å². The van der Waals surface area contributed by atoms with Crippen LogP contribution in [0, 0.1) is 0 Å². The Morgan fingerprint density at radius 3 is 2.37 bits per heavy atom. The molecule has 0 aliphatic rings. The van der Waals surface area contributed by atoms with Gasteiger partial charge in [-0.3, -0.25) is 4.79 Å². The fraction of sp³-hybridized carbons (Fsp3) is 0.654. The van der Waals surface area contributed by atoms with E-state index >= 15 is 0 Å². The fourth-order valence-corrected chi connectivity index (χ4v) is 3.46. The molecule has 170 valence electrons. The molecule has 1 unspecified atom stereocenters. The molecule has 0 aromatic heterocycles. The van der Waals surface area contributed by atoms with Crippen molar-refractivity contribution in [2.75, 3.05) is 6.61 Å². The van der Waals surface area contributed by atoms with E-state index < -0.39 is 5.97 Å². The largest absolute Gasteiger partial charge is 0.490 e. The first-order chi connectivity index (χ1) is 14.7. The third-order valence-corrected chi connectivity index (χ3v) is 5.15. The summed E-state index contributed by atoms with van der Waals surface area (Å²) in [5, 5.41) is 8.65. The van der Waals surface area contributed by atoms with Gasteiger partial charge in [0.2, 0.25) is 0 Å². The minimum Gasteiger partial charge on any atom is -0.490 e. The minimum atomic E-state index is -0.687. The molecular weight excluding hydrogens is 376 g/mol. The van der Waals surface area contributed by atoms with Crippen LogP contribution in [-0.4, -0.2) is 23.8 Å². The van der Waals surface area contributed by atoms with Crippen LogP contribution < -0.4 is 9.47 Å². The first-order valence-electron chi connectivity index (χ1n) is 11.9. The summed E-state index contributed by atoms with van der Waals surface area (Å²) >= 11 is 0. The fourth-order valence-electron chi connectivity index (χ4n) is 3.46. The smallest absolute Gasteiger partial charge is 0.303 e. The van der Waals surface area contributed by atoms with Crippen molar-refractivity contribution in [2.24, 2.45) is 0 Å². The summed E-state index contributed by atoms with van der Waals surface area (Å²) in [7, 11) is 0. The maximum Gasteiger partial charge on any atom is 0.303 e. The van der Waals surface area contributed by atoms with Gasteiger partial charge in [0.15, 0.2) is 11.5 Å². The summed E-state index contributed by atoms with van der Waals surface area (Å²) in [5.74, 6) is 0.980. The highest BCUT2D eigenvalue weighted by Crippen LogP contribution is 2.29. The van der Waals surface area contributed by atoms with Crippen molar-refractivity contribution >= 4 is 5.97 Å². The summed E-state index contributed by atoms with van der Waals surface area (Å²) < 4.78 is 12.1. The zero-order chi connectivity index (χ0) is 21.9. The van der Waals surface area contributed by atoms with Crippen LogP contribution in [0.3, 0.4) is 0 Å². The zero-order valence-corrected chi connectivity index (χ0v) is 19.1. The lowest BCUT2D eigenvalue weighted by Crippen LogP contribution is -2.16. The van der Waals surface area contributed by atoms with Gasteiger partial charge in [-0.2, -0.15) is 0 Å². The van der Waals surface area contributed by atoms with E-state index in [0.717, 1.165) is 50.0 Å². The van der Waals surface area contributed by atoms with Gasteiger partial charge in [-0.25, -0.2) is 0 Å². The molecule has 4 heteroatoms. The number of benzene rings is 1. The monoisotopic (exact) mass is 418 g/mol. The number of carboxylic acids is 1. The number of hydrogen-bond donors (Lipinski definition) is 1. The lowest BCUT2D eigenvalue weighted by molar-refractivity contribution is -0.137. The van der Waals surface area contributed by atoms with E-state index in [1.165, 1.54) is 38.5 Å². The first kappa shape index (κ1) is 26.1. The number of para-hydroxylation sites is 2. The highest BCUT2D eigenvalue weighted by molar-refractivity contribution is 5.66. The Kier molecular flexibility index (Phi) is 15.5. The molecule has 1 atom stereocenters. The van der Waals surface area contributed by atoms with Crippen LogP contribution in [0.1, 0.15) is 97.3 Å². The molecule has 1 rings (SSSR count). The number of hydrogen-bond acceptors (Lipinski definition) is 3. The lowest BCUT2D eigenvalue weighted by atomic mass is 10.1. The van der Waals surface area contributed by atoms with Gasteiger partial charge in [-0.05, 0) is 51.2 Å². The summed E-state index contributed by atoms with van der Waals surface area (Å²) in [6.07, 6.45) is 18.3. The minimum absolute atomic E-state index is 0.177. The van der Waals surface area contributed by atoms with Crippen molar-refractivity contribution < 1.29 is 19.4 Å². The van der Waals surface area contributed by atoms with Crippen LogP contribution in [0.2, 0.25) is 0 Å². The molecule has 0 aliphatic heterocycles. The third-order valence-electron chi connectivity index (χ3n) is 5.15. The number of allylic oxidation sites excluding steroid dienone is 1. The summed E-state index contributed by atoms with van der Waals surface area (Å²) in [6, 6.07) is 7.95. The number of aliphatic carboxylic acids is 1. The summed E-state index contributed by atoms with van der Waals surface area (Å²) in [5.41, 5.74) is 0. The lowest BCUT2D eigenvalue weighted by Gasteiger charge is -2.20. The van der Waals surface area contributed by atoms with Crippen LogP contribution in [-0.2, 0) is 4.79 Å². The van der Waals surface area contributed by atoms with Crippen LogP contribution in [0.4, 0.5) is 0 Å². The molecule has 0 spiro atoms. The van der Waals surface area contributed by atoms with Gasteiger partial charge in [-0.1, -0.05) is 69.7 Å². The third kappa shape index (κ3) is 13.3. The van der Waals surface area contributed by atoms with Gasteiger partial charge in [0.1, 0.15) is 6.10 Å². The number of ether oxygens (including phenoxy) is 2. The van der Waals surface area contributed by atoms with Crippen molar-refractivity contribution in [2.45, 2.75) is 103 Å². The molecule has 1 N–H and O–H groups in total. The van der Waals surface area contributed by atoms with Crippen molar-refractivity contribution in [3.8, 4) is 11.5 Å². The Morgan fingerprint density at radius 2 is 1.63 bits per heavy atom. The van der Waals surface area contributed by atoms with E-state index in [1.54, 1.807) is 0 Å². The second-order valence-electron chi connectivity index (χ2n) is 7.88. The highest BCUT2D eigenvalue weighted by Gasteiger charge is 2.12. The molecule has 0 fully saturated rings. The average Bonchev–Trinajstić information content (AvgIpc) is 2.73. The molecule has 0 saturated heterocycles. The molecule has 0 saturated carbocycles. The average molecular weight is 419 g/mol. The highest BCUT2D eigenvalue weighted by atomic mass is 16.5. The predicted molar refractivity (Wildman–Crippen MR) is 124 cm³/mol. The van der Waals surface area contributed by atoms with Gasteiger partial charge in [0.05, 0.1) is 6.61 Å². The van der Waals surface area contributed by atoms with Crippen LogP contribution in [0.15, 0.2) is 36.4 Å². The second kappa shape index (κ2) is 17.9. The summed E-state index contributed by atoms with van der Waals surface area (Å²) in [4.78, 5) is 10.5. The molecule has 1 aromatic rings. The topological polar surface area (TPSA) is 55.8 Å². The molecule has 0 heterocycles. The molecule has 1 aromatic carbocycles. The van der Waals surface area contributed by atoms with Gasteiger partial charge < -0.3 is 14.6 Å². The van der Waals surface area contributed by atoms with Crippen molar-refractivity contribution in [3.63, 3.8) is 0 Å². The first-order valence-corrected chi connectivity index (χ1v) is 11.9. The normalized spacial score (nSPS) is 12.2. The number of rotatable bonds is 19. The Balaban J connectivity index is 2.39. The standard InChI is InChI=1S/C26H42O4/c1-3-5-6-13-18-23(30-25-21-17-16-20-24(25)29-4-2)19-14-11-9-7-8-10-12-15-22-26(27)28/h11,14,16-17,20-21,23H,3-10,12-13,15,18-19,22H2,1-2H3,(H,27,28)/b14-11-. The van der Waals surface area contributed by atoms with E-state index in [-0.39, 0.29) is 6.10 Å². The molecular formula is C26H42O4. The van der Waals surface area contributed by atoms with E-state index in [0.29, 0.717) is 13.0 Å². The van der Waals surface area contributed by atoms with Crippen molar-refractivity contribution in [1.82, 2.24) is 0 Å². The number of carboxylic acid groups (broad SMARTS) is 1. The van der Waals surface area contributed by atoms with Crippen LogP contribution in [0.25, 0.3) is 0 Å². The molecule has 4 nitrogen and oxygen atoms in total. The Labute approximate surface area is 183 Å². The van der Waals surface area contributed by atoms with Gasteiger partial charge in [0.25, 0.3) is 0 Å². The molecule has 0 radical (unpaired) electrons. The van der Waals surface area contributed by atoms with E-state index in [2.05, 4.69) is 19.1 Å². The Hall–Kier alpha value is -1.97. The maximum absolute atomic E-state index is 10.5. The molecule has 0 bridgehead atoms. The van der Waals surface area contributed by atoms with E-state index in [4.69, 9.17) is 14.6 Å². The Bertz CT molecular complexity index is 582. The molecule has 30 heavy (non-hydrogen) atoms. The molecule has 0 amide bonds. The SMILES string of the molecule is CCCCCCC(C/C=C\CCCCCCCC(=O)O)Oc1ccccc1OCC. The molecule has 0 aliphatic carbocycles. The van der Waals surface area contributed by atoms with Gasteiger partial charge in [0, 0.05) is 12.8 Å².